The van der Waals surface area contributed by atoms with Crippen LogP contribution in [0.2, 0.25) is 0 Å². The van der Waals surface area contributed by atoms with Crippen molar-refractivity contribution < 1.29 is 14.3 Å². The number of rotatable bonds is 10. The van der Waals surface area contributed by atoms with Gasteiger partial charge in [0.2, 0.25) is 11.8 Å². The Balaban J connectivity index is 1.28. The van der Waals surface area contributed by atoms with Crippen LogP contribution >= 0.6 is 23.1 Å². The summed E-state index contributed by atoms with van der Waals surface area (Å²) in [6.07, 6.45) is 1.93. The molecule has 1 unspecified atom stereocenters. The molecule has 1 saturated carbocycles. The van der Waals surface area contributed by atoms with E-state index in [0.29, 0.717) is 11.7 Å². The first-order chi connectivity index (χ1) is 18.1. The monoisotopic (exact) mass is 529 g/mol. The minimum absolute atomic E-state index is 0.0787. The highest BCUT2D eigenvalue weighted by atomic mass is 32.2. The molecule has 0 bridgehead atoms. The van der Waals surface area contributed by atoms with Gasteiger partial charge in [-0.2, -0.15) is 0 Å². The van der Waals surface area contributed by atoms with Gasteiger partial charge >= 0.3 is 0 Å². The predicted molar refractivity (Wildman–Crippen MR) is 150 cm³/mol. The molecule has 1 aliphatic carbocycles. The Morgan fingerprint density at radius 1 is 1.00 bits per heavy atom. The van der Waals surface area contributed by atoms with Crippen LogP contribution in [0.3, 0.4) is 0 Å². The maximum Gasteiger partial charge on any atom is 0.244 e. The van der Waals surface area contributed by atoms with Crippen molar-refractivity contribution in [2.75, 3.05) is 17.2 Å². The zero-order valence-corrected chi connectivity index (χ0v) is 22.0. The zero-order chi connectivity index (χ0) is 25.6. The summed E-state index contributed by atoms with van der Waals surface area (Å²) < 4.78 is 5.51. The van der Waals surface area contributed by atoms with Crippen molar-refractivity contribution in [3.05, 3.63) is 89.8 Å². The Morgan fingerprint density at radius 3 is 2.41 bits per heavy atom. The van der Waals surface area contributed by atoms with Gasteiger partial charge in [0.05, 0.1) is 12.3 Å². The van der Waals surface area contributed by atoms with Gasteiger partial charge in [-0.3, -0.25) is 9.59 Å². The molecule has 5 rings (SSSR count). The predicted octanol–water partition coefficient (Wildman–Crippen LogP) is 7.03. The standard InChI is InChI=1S/C29H27N3O3S2/c1-2-35-23-14-10-19(11-15-23)25-18-36-29(31-25)32-28(34)26(20-6-4-3-5-7-20)37-24-16-12-22(13-17-24)30-27(33)21-8-9-21/h3-7,10-18,21,26H,2,8-9H2,1H3,(H,30,33)(H,31,32,34). The minimum atomic E-state index is -0.467. The van der Waals surface area contributed by atoms with Crippen LogP contribution in [0, 0.1) is 5.92 Å². The van der Waals surface area contributed by atoms with Gasteiger partial charge in [0.15, 0.2) is 5.13 Å². The molecule has 188 valence electrons. The molecule has 1 aromatic heterocycles. The number of carbonyl (C=O) groups is 2. The molecule has 1 aliphatic rings. The number of nitrogens with zero attached hydrogens (tertiary/aromatic N) is 1. The van der Waals surface area contributed by atoms with Crippen LogP contribution < -0.4 is 15.4 Å². The Morgan fingerprint density at radius 2 is 1.73 bits per heavy atom. The van der Waals surface area contributed by atoms with Gasteiger partial charge in [-0.1, -0.05) is 30.3 Å². The fourth-order valence-electron chi connectivity index (χ4n) is 3.77. The molecule has 37 heavy (non-hydrogen) atoms. The molecule has 2 N–H and O–H groups in total. The maximum atomic E-state index is 13.4. The van der Waals surface area contributed by atoms with Gasteiger partial charge in [0, 0.05) is 27.4 Å². The lowest BCUT2D eigenvalue weighted by Gasteiger charge is -2.16. The van der Waals surface area contributed by atoms with E-state index in [1.54, 1.807) is 0 Å². The minimum Gasteiger partial charge on any atom is -0.494 e. The average Bonchev–Trinajstić information content (AvgIpc) is 3.68. The molecule has 3 aromatic carbocycles. The van der Waals surface area contributed by atoms with Crippen molar-refractivity contribution in [2.24, 2.45) is 5.92 Å². The molecule has 0 saturated heterocycles. The largest absolute Gasteiger partial charge is 0.494 e. The van der Waals surface area contributed by atoms with Gasteiger partial charge in [0.25, 0.3) is 0 Å². The second kappa shape index (κ2) is 11.6. The van der Waals surface area contributed by atoms with Crippen molar-refractivity contribution in [2.45, 2.75) is 29.9 Å². The van der Waals surface area contributed by atoms with E-state index >= 15 is 0 Å². The van der Waals surface area contributed by atoms with Gasteiger partial charge in [0.1, 0.15) is 11.0 Å². The first kappa shape index (κ1) is 25.0. The summed E-state index contributed by atoms with van der Waals surface area (Å²) in [7, 11) is 0. The van der Waals surface area contributed by atoms with Gasteiger partial charge in [-0.15, -0.1) is 23.1 Å². The molecule has 0 spiro atoms. The van der Waals surface area contributed by atoms with Crippen molar-refractivity contribution in [3.63, 3.8) is 0 Å². The number of hydrogen-bond acceptors (Lipinski definition) is 6. The SMILES string of the molecule is CCOc1ccc(-c2csc(NC(=O)C(Sc3ccc(NC(=O)C4CC4)cc3)c3ccccc3)n2)cc1. The van der Waals surface area contributed by atoms with E-state index in [0.717, 1.165) is 46.0 Å². The Labute approximate surface area is 224 Å². The van der Waals surface area contributed by atoms with E-state index in [1.165, 1.54) is 23.1 Å². The summed E-state index contributed by atoms with van der Waals surface area (Å²) in [5.41, 5.74) is 3.44. The normalized spacial score (nSPS) is 13.5. The van der Waals surface area contributed by atoms with E-state index in [4.69, 9.17) is 4.74 Å². The van der Waals surface area contributed by atoms with E-state index in [9.17, 15) is 9.59 Å². The van der Waals surface area contributed by atoms with Crippen LogP contribution in [0.5, 0.6) is 5.75 Å². The maximum absolute atomic E-state index is 13.4. The second-order valence-corrected chi connectivity index (χ2v) is 10.7. The van der Waals surface area contributed by atoms with E-state index < -0.39 is 5.25 Å². The quantitative estimate of drug-likeness (QED) is 0.216. The number of ether oxygens (including phenoxy) is 1. The lowest BCUT2D eigenvalue weighted by atomic mass is 10.1. The molecular weight excluding hydrogens is 502 g/mol. The number of aromatic nitrogens is 1. The van der Waals surface area contributed by atoms with Crippen LogP contribution in [0.4, 0.5) is 10.8 Å². The van der Waals surface area contributed by atoms with E-state index in [1.807, 2.05) is 91.2 Å². The molecule has 0 aliphatic heterocycles. The number of carbonyl (C=O) groups excluding carboxylic acids is 2. The van der Waals surface area contributed by atoms with E-state index in [-0.39, 0.29) is 17.7 Å². The molecule has 1 fully saturated rings. The molecule has 1 atom stereocenters. The van der Waals surface area contributed by atoms with Crippen LogP contribution in [-0.2, 0) is 9.59 Å². The highest BCUT2D eigenvalue weighted by Crippen LogP contribution is 2.37. The third kappa shape index (κ3) is 6.58. The molecule has 1 heterocycles. The van der Waals surface area contributed by atoms with Crippen molar-refractivity contribution >= 4 is 45.7 Å². The lowest BCUT2D eigenvalue weighted by Crippen LogP contribution is -2.19. The van der Waals surface area contributed by atoms with E-state index in [2.05, 4.69) is 15.6 Å². The molecule has 4 aromatic rings. The lowest BCUT2D eigenvalue weighted by molar-refractivity contribution is -0.117. The number of hydrogen-bond donors (Lipinski definition) is 2. The third-order valence-electron chi connectivity index (χ3n) is 5.86. The molecule has 6 nitrogen and oxygen atoms in total. The number of thiazole rings is 1. The highest BCUT2D eigenvalue weighted by Gasteiger charge is 2.29. The Hall–Kier alpha value is -3.62. The summed E-state index contributed by atoms with van der Waals surface area (Å²) in [6, 6.07) is 25.1. The number of anilines is 2. The molecule has 2 amide bonds. The van der Waals surface area contributed by atoms with Crippen molar-refractivity contribution in [1.29, 1.82) is 0 Å². The van der Waals surface area contributed by atoms with Gasteiger partial charge in [-0.05, 0) is 73.9 Å². The summed E-state index contributed by atoms with van der Waals surface area (Å²) >= 11 is 2.86. The number of nitrogens with one attached hydrogen (secondary N) is 2. The fourth-order valence-corrected chi connectivity index (χ4v) is 5.51. The van der Waals surface area contributed by atoms with Crippen LogP contribution in [-0.4, -0.2) is 23.4 Å². The fraction of sp³-hybridized carbons (Fsp3) is 0.207. The summed E-state index contributed by atoms with van der Waals surface area (Å²) in [5.74, 6) is 0.905. The zero-order valence-electron chi connectivity index (χ0n) is 20.3. The highest BCUT2D eigenvalue weighted by molar-refractivity contribution is 8.00. The van der Waals surface area contributed by atoms with Crippen LogP contribution in [0.25, 0.3) is 11.3 Å². The molecule has 0 radical (unpaired) electrons. The van der Waals surface area contributed by atoms with Gasteiger partial charge in [-0.25, -0.2) is 4.98 Å². The summed E-state index contributed by atoms with van der Waals surface area (Å²) in [5, 5.41) is 7.98. The average molecular weight is 530 g/mol. The summed E-state index contributed by atoms with van der Waals surface area (Å²) in [4.78, 5) is 31.0. The van der Waals surface area contributed by atoms with Crippen LogP contribution in [0.15, 0.2) is 89.1 Å². The summed E-state index contributed by atoms with van der Waals surface area (Å²) in [6.45, 7) is 2.57. The topological polar surface area (TPSA) is 80.3 Å². The molecule has 8 heteroatoms. The van der Waals surface area contributed by atoms with Gasteiger partial charge < -0.3 is 15.4 Å². The third-order valence-corrected chi connectivity index (χ3v) is 7.88. The van der Waals surface area contributed by atoms with Crippen molar-refractivity contribution in [1.82, 2.24) is 4.98 Å². The van der Waals surface area contributed by atoms with Crippen LogP contribution in [0.1, 0.15) is 30.6 Å². The Kier molecular flexibility index (Phi) is 7.87. The number of benzene rings is 3. The second-order valence-electron chi connectivity index (χ2n) is 8.68. The van der Waals surface area contributed by atoms with Crippen molar-refractivity contribution in [3.8, 4) is 17.0 Å². The smallest absolute Gasteiger partial charge is 0.244 e. The Bertz CT molecular complexity index is 1350. The first-order valence-electron chi connectivity index (χ1n) is 12.2. The first-order valence-corrected chi connectivity index (χ1v) is 14.0. The number of amides is 2. The molecular formula is C29H27N3O3S2. The number of thioether (sulfide) groups is 1.